The van der Waals surface area contributed by atoms with Crippen molar-refractivity contribution in [2.75, 3.05) is 7.11 Å². The van der Waals surface area contributed by atoms with Gasteiger partial charge >= 0.3 is 0 Å². The summed E-state index contributed by atoms with van der Waals surface area (Å²) in [4.78, 5) is 4.35. The van der Waals surface area contributed by atoms with Crippen LogP contribution in [-0.2, 0) is 0 Å². The van der Waals surface area contributed by atoms with Gasteiger partial charge in [0.25, 0.3) is 0 Å². The standard InChI is InChI=1S/C12H16N2O2/c1-7-5-10-12(16-4)13-8(2)11(9(3)15)14(10)6-7/h5-6,9,15H,1-4H3. The first-order valence-electron chi connectivity index (χ1n) is 5.26. The van der Waals surface area contributed by atoms with Crippen molar-refractivity contribution in [2.45, 2.75) is 26.9 Å². The van der Waals surface area contributed by atoms with Crippen LogP contribution in [0.2, 0.25) is 0 Å². The lowest BCUT2D eigenvalue weighted by Crippen LogP contribution is -2.07. The van der Waals surface area contributed by atoms with Gasteiger partial charge in [-0.2, -0.15) is 0 Å². The van der Waals surface area contributed by atoms with E-state index in [1.54, 1.807) is 14.0 Å². The van der Waals surface area contributed by atoms with Gasteiger partial charge in [-0.15, -0.1) is 0 Å². The minimum absolute atomic E-state index is 0.548. The third-order valence-corrected chi connectivity index (χ3v) is 2.66. The van der Waals surface area contributed by atoms with Crippen molar-refractivity contribution in [3.63, 3.8) is 0 Å². The molecular formula is C12H16N2O2. The zero-order valence-electron chi connectivity index (χ0n) is 9.98. The molecular weight excluding hydrogens is 204 g/mol. The monoisotopic (exact) mass is 220 g/mol. The van der Waals surface area contributed by atoms with Crippen LogP contribution in [0.15, 0.2) is 12.3 Å². The Morgan fingerprint density at radius 3 is 2.69 bits per heavy atom. The third kappa shape index (κ3) is 1.55. The van der Waals surface area contributed by atoms with Gasteiger partial charge in [-0.25, -0.2) is 4.98 Å². The van der Waals surface area contributed by atoms with Crippen LogP contribution >= 0.6 is 0 Å². The second kappa shape index (κ2) is 3.79. The lowest BCUT2D eigenvalue weighted by atomic mass is 10.2. The van der Waals surface area contributed by atoms with Crippen molar-refractivity contribution >= 4 is 5.52 Å². The van der Waals surface area contributed by atoms with Gasteiger partial charge in [0.1, 0.15) is 5.52 Å². The minimum Gasteiger partial charge on any atom is -0.479 e. The lowest BCUT2D eigenvalue weighted by Gasteiger charge is -2.13. The Morgan fingerprint density at radius 2 is 2.12 bits per heavy atom. The number of ether oxygens (including phenoxy) is 1. The van der Waals surface area contributed by atoms with E-state index in [0.717, 1.165) is 22.5 Å². The van der Waals surface area contributed by atoms with E-state index in [-0.39, 0.29) is 0 Å². The molecule has 2 rings (SSSR count). The first-order chi connectivity index (χ1) is 7.54. The molecule has 0 radical (unpaired) electrons. The Labute approximate surface area is 94.5 Å². The van der Waals surface area contributed by atoms with E-state index in [0.29, 0.717) is 5.88 Å². The molecule has 0 aromatic carbocycles. The Kier molecular flexibility index (Phi) is 2.59. The van der Waals surface area contributed by atoms with Crippen molar-refractivity contribution in [2.24, 2.45) is 0 Å². The summed E-state index contributed by atoms with van der Waals surface area (Å²) in [6, 6.07) is 2.00. The Bertz CT molecular complexity index is 529. The average Bonchev–Trinajstić information content (AvgIpc) is 2.56. The number of rotatable bonds is 2. The quantitative estimate of drug-likeness (QED) is 0.842. The highest BCUT2D eigenvalue weighted by Crippen LogP contribution is 2.26. The van der Waals surface area contributed by atoms with E-state index in [4.69, 9.17) is 4.74 Å². The largest absolute Gasteiger partial charge is 0.479 e. The maximum atomic E-state index is 9.77. The topological polar surface area (TPSA) is 46.8 Å². The molecule has 4 heteroatoms. The summed E-state index contributed by atoms with van der Waals surface area (Å²) in [7, 11) is 1.60. The molecule has 16 heavy (non-hydrogen) atoms. The van der Waals surface area contributed by atoms with E-state index in [2.05, 4.69) is 4.98 Å². The summed E-state index contributed by atoms with van der Waals surface area (Å²) in [5, 5.41) is 9.77. The van der Waals surface area contributed by atoms with E-state index in [1.165, 1.54) is 0 Å². The highest BCUT2D eigenvalue weighted by molar-refractivity contribution is 5.60. The predicted octanol–water partition coefficient (Wildman–Crippen LogP) is 2.01. The van der Waals surface area contributed by atoms with Crippen LogP contribution in [0.1, 0.15) is 30.0 Å². The fourth-order valence-corrected chi connectivity index (χ4v) is 2.05. The van der Waals surface area contributed by atoms with Gasteiger partial charge in [0, 0.05) is 6.20 Å². The second-order valence-corrected chi connectivity index (χ2v) is 4.04. The highest BCUT2D eigenvalue weighted by Gasteiger charge is 2.15. The van der Waals surface area contributed by atoms with Crippen LogP contribution in [0.4, 0.5) is 0 Å². The maximum Gasteiger partial charge on any atom is 0.238 e. The summed E-state index contributed by atoms with van der Waals surface area (Å²) in [5.74, 6) is 0.593. The highest BCUT2D eigenvalue weighted by atomic mass is 16.5. The number of methoxy groups -OCH3 is 1. The smallest absolute Gasteiger partial charge is 0.238 e. The molecule has 2 aromatic rings. The van der Waals surface area contributed by atoms with Crippen LogP contribution in [0, 0.1) is 13.8 Å². The van der Waals surface area contributed by atoms with Gasteiger partial charge in [0.05, 0.1) is 24.6 Å². The molecule has 0 aliphatic heterocycles. The van der Waals surface area contributed by atoms with Crippen molar-refractivity contribution < 1.29 is 9.84 Å². The summed E-state index contributed by atoms with van der Waals surface area (Å²) >= 11 is 0. The molecule has 0 aliphatic rings. The summed E-state index contributed by atoms with van der Waals surface area (Å²) in [6.45, 7) is 5.62. The van der Waals surface area contributed by atoms with Gasteiger partial charge in [-0.1, -0.05) is 0 Å². The zero-order chi connectivity index (χ0) is 11.9. The first-order valence-corrected chi connectivity index (χ1v) is 5.26. The van der Waals surface area contributed by atoms with Gasteiger partial charge in [-0.3, -0.25) is 0 Å². The number of aliphatic hydroxyl groups excluding tert-OH is 1. The number of aliphatic hydroxyl groups is 1. The Balaban J connectivity index is 2.85. The fourth-order valence-electron chi connectivity index (χ4n) is 2.05. The summed E-state index contributed by atoms with van der Waals surface area (Å²) in [5.41, 5.74) is 3.60. The first kappa shape index (κ1) is 11.0. The van der Waals surface area contributed by atoms with Crippen LogP contribution in [-0.4, -0.2) is 21.6 Å². The van der Waals surface area contributed by atoms with Crippen LogP contribution in [0.25, 0.3) is 5.52 Å². The van der Waals surface area contributed by atoms with E-state index in [9.17, 15) is 5.11 Å². The van der Waals surface area contributed by atoms with Crippen LogP contribution in [0.5, 0.6) is 5.88 Å². The van der Waals surface area contributed by atoms with Crippen LogP contribution < -0.4 is 4.74 Å². The number of hydrogen-bond donors (Lipinski definition) is 1. The number of aryl methyl sites for hydroxylation is 2. The normalized spacial score (nSPS) is 13.1. The van der Waals surface area contributed by atoms with Crippen molar-refractivity contribution in [1.29, 1.82) is 0 Å². The molecule has 2 aromatic heterocycles. The van der Waals surface area contributed by atoms with Gasteiger partial charge in [-0.05, 0) is 32.4 Å². The molecule has 0 saturated carbocycles. The van der Waals surface area contributed by atoms with Crippen molar-refractivity contribution in [1.82, 2.24) is 9.38 Å². The third-order valence-electron chi connectivity index (χ3n) is 2.66. The lowest BCUT2D eigenvalue weighted by molar-refractivity contribution is 0.191. The van der Waals surface area contributed by atoms with Gasteiger partial charge in [0.2, 0.25) is 5.88 Å². The molecule has 0 saturated heterocycles. The number of fused-ring (bicyclic) bond motifs is 1. The second-order valence-electron chi connectivity index (χ2n) is 4.04. The van der Waals surface area contributed by atoms with Crippen molar-refractivity contribution in [3.05, 3.63) is 29.2 Å². The predicted molar refractivity (Wildman–Crippen MR) is 61.9 cm³/mol. The zero-order valence-corrected chi connectivity index (χ0v) is 9.98. The molecule has 0 aliphatic carbocycles. The molecule has 0 bridgehead atoms. The van der Waals surface area contributed by atoms with Gasteiger partial charge in [0.15, 0.2) is 0 Å². The summed E-state index contributed by atoms with van der Waals surface area (Å²) < 4.78 is 7.19. The average molecular weight is 220 g/mol. The molecule has 0 fully saturated rings. The fraction of sp³-hybridized carbons (Fsp3) is 0.417. The van der Waals surface area contributed by atoms with E-state index < -0.39 is 6.10 Å². The van der Waals surface area contributed by atoms with Gasteiger partial charge < -0.3 is 14.2 Å². The molecule has 86 valence electrons. The molecule has 1 atom stereocenters. The van der Waals surface area contributed by atoms with Crippen molar-refractivity contribution in [3.8, 4) is 5.88 Å². The maximum absolute atomic E-state index is 9.77. The molecule has 0 amide bonds. The number of nitrogens with zero attached hydrogens (tertiary/aromatic N) is 2. The molecule has 1 N–H and O–H groups in total. The Hall–Kier alpha value is -1.55. The molecule has 1 unspecified atom stereocenters. The molecule has 2 heterocycles. The minimum atomic E-state index is -0.548. The summed E-state index contributed by atoms with van der Waals surface area (Å²) in [6.07, 6.45) is 1.43. The SMILES string of the molecule is COc1nc(C)c(C(C)O)n2cc(C)cc12. The number of aromatic nitrogens is 2. The number of hydrogen-bond acceptors (Lipinski definition) is 3. The van der Waals surface area contributed by atoms with E-state index >= 15 is 0 Å². The van der Waals surface area contributed by atoms with E-state index in [1.807, 2.05) is 30.5 Å². The Morgan fingerprint density at radius 1 is 1.44 bits per heavy atom. The van der Waals surface area contributed by atoms with Crippen LogP contribution in [0.3, 0.4) is 0 Å². The molecule has 0 spiro atoms. The molecule has 4 nitrogen and oxygen atoms in total.